The maximum Gasteiger partial charge on any atom is 3.00 e. The van der Waals surface area contributed by atoms with Gasteiger partial charge >= 0.3 is 25.8 Å². The van der Waals surface area contributed by atoms with E-state index in [0.29, 0.717) is 0 Å². The molecule has 0 aromatic carbocycles. The molecule has 0 rings (SSSR count). The summed E-state index contributed by atoms with van der Waals surface area (Å²) in [4.78, 5) is 0. The zero-order valence-electron chi connectivity index (χ0n) is 1.89. The number of hydrogen-bond donors (Lipinski definition) is 0. The summed E-state index contributed by atoms with van der Waals surface area (Å²) in [6.45, 7) is 0. The molecule has 0 radical (unpaired) electrons. The van der Waals surface area contributed by atoms with Gasteiger partial charge in [-0.05, 0) is 0 Å². The molecule has 0 bridgehead atoms. The molecule has 0 spiro atoms. The van der Waals surface area contributed by atoms with E-state index >= 15 is 0 Å². The van der Waals surface area contributed by atoms with E-state index in [1.807, 2.05) is 0 Å². The van der Waals surface area contributed by atoms with Gasteiger partial charge in [-0.15, -0.1) is 0 Å². The molecule has 0 aliphatic carbocycles. The van der Waals surface area contributed by atoms with Gasteiger partial charge in [0.25, 0.3) is 0 Å². The monoisotopic (exact) mass is 333 g/mol. The molecule has 0 unspecified atom stereocenters. The molecule has 4 heavy (non-hydrogen) atoms. The van der Waals surface area contributed by atoms with E-state index in [-0.39, 0.29) is 57.9 Å². The van der Waals surface area contributed by atoms with Crippen molar-refractivity contribution < 1.29 is 32.0 Å². The molecule has 0 aromatic heterocycles. The summed E-state index contributed by atoms with van der Waals surface area (Å²) in [5.74, 6) is 0. The van der Waals surface area contributed by atoms with E-state index in [0.717, 1.165) is 0 Å². The van der Waals surface area contributed by atoms with Crippen LogP contribution < -0.4 is 0 Å². The second kappa shape index (κ2) is 24.8. The number of hydrogen-bond acceptors (Lipinski definition) is 0. The first kappa shape index (κ1) is 50.3. The molecule has 0 fully saturated rings. The zero-order chi connectivity index (χ0) is 0. The van der Waals surface area contributed by atoms with Crippen LogP contribution in [0.3, 0.4) is 0 Å². The van der Waals surface area contributed by atoms with Crippen LogP contribution in [0.15, 0.2) is 0 Å². The van der Waals surface area contributed by atoms with Gasteiger partial charge in [0.05, 0.1) is 0 Å². The molecule has 0 atom stereocenters. The maximum absolute atomic E-state index is 0. The van der Waals surface area contributed by atoms with E-state index in [1.54, 1.807) is 0 Å². The van der Waals surface area contributed by atoms with Crippen LogP contribution in [0.25, 0.3) is 0 Å². The van der Waals surface area contributed by atoms with Gasteiger partial charge in [-0.1, -0.05) is 0 Å². The van der Waals surface area contributed by atoms with Crippen LogP contribution in [0.4, 0.5) is 0 Å². The van der Waals surface area contributed by atoms with Gasteiger partial charge in [0, 0.05) is 21.1 Å². The van der Waals surface area contributed by atoms with Gasteiger partial charge in [-0.3, -0.25) is 0 Å². The Morgan fingerprint density at radius 1 is 1.00 bits per heavy atom. The van der Waals surface area contributed by atoms with Crippen LogP contribution in [0.5, 0.6) is 0 Å². The Morgan fingerprint density at radius 3 is 1.00 bits per heavy atom. The van der Waals surface area contributed by atoms with Gasteiger partial charge < -0.3 is 11.0 Å². The van der Waals surface area contributed by atoms with Crippen molar-refractivity contribution in [1.29, 1.82) is 0 Å². The fourth-order valence-electron chi connectivity index (χ4n) is 0. The summed E-state index contributed by atoms with van der Waals surface area (Å²) in [6.07, 6.45) is 0. The quantitative estimate of drug-likeness (QED) is 0.528. The van der Waals surface area contributed by atoms with E-state index < -0.39 is 0 Å². The third-order valence-corrected chi connectivity index (χ3v) is 0. The molecule has 0 saturated carbocycles. The van der Waals surface area contributed by atoms with Gasteiger partial charge in [0.1, 0.15) is 0 Å². The fraction of sp³-hybridized carbons (Fsp3) is 0. The Labute approximate surface area is 57.6 Å². The second-order valence-corrected chi connectivity index (χ2v) is 0. The molecule has 0 aliphatic rings. The first-order valence-electron chi connectivity index (χ1n) is 0. The Hall–Kier alpha value is 1.48. The zero-order valence-corrected chi connectivity index (χ0v) is 8.12. The molecule has 22 valence electrons. The van der Waals surface area contributed by atoms with Crippen LogP contribution in [-0.4, -0.2) is 31.3 Å². The number of rotatable bonds is 0. The molecular formula is H2InO2W+. The summed E-state index contributed by atoms with van der Waals surface area (Å²) >= 11 is 0. The van der Waals surface area contributed by atoms with E-state index in [4.69, 9.17) is 0 Å². The van der Waals surface area contributed by atoms with E-state index in [9.17, 15) is 0 Å². The Morgan fingerprint density at radius 2 is 1.00 bits per heavy atom. The maximum atomic E-state index is 0. The average molecular weight is 333 g/mol. The van der Waals surface area contributed by atoms with Crippen LogP contribution in [-0.2, 0) is 26.5 Å². The summed E-state index contributed by atoms with van der Waals surface area (Å²) in [5, 5.41) is 0. The van der Waals surface area contributed by atoms with Crippen LogP contribution in [0, 0.1) is 0 Å². The largest absolute Gasteiger partial charge is 3.00 e. The van der Waals surface area contributed by atoms with Gasteiger partial charge in [-0.2, -0.15) is 0 Å². The summed E-state index contributed by atoms with van der Waals surface area (Å²) in [5.41, 5.74) is 0. The van der Waals surface area contributed by atoms with E-state index in [1.165, 1.54) is 0 Å². The summed E-state index contributed by atoms with van der Waals surface area (Å²) in [6, 6.07) is 0. The SMILES string of the molecule is O.[In+3].[O-2].[W]. The van der Waals surface area contributed by atoms with Crippen molar-refractivity contribution in [2.75, 3.05) is 0 Å². The minimum atomic E-state index is 0. The van der Waals surface area contributed by atoms with Crippen LogP contribution in [0.1, 0.15) is 0 Å². The normalized spacial score (nSPS) is 0. The third-order valence-electron chi connectivity index (χ3n) is 0. The molecule has 4 heteroatoms. The summed E-state index contributed by atoms with van der Waals surface area (Å²) < 4.78 is 0. The van der Waals surface area contributed by atoms with Crippen molar-refractivity contribution in [2.24, 2.45) is 0 Å². The molecule has 0 aliphatic heterocycles. The second-order valence-electron chi connectivity index (χ2n) is 0. The molecule has 0 amide bonds. The van der Waals surface area contributed by atoms with Gasteiger partial charge in [0.15, 0.2) is 0 Å². The van der Waals surface area contributed by atoms with Crippen molar-refractivity contribution in [3.05, 3.63) is 0 Å². The van der Waals surface area contributed by atoms with E-state index in [2.05, 4.69) is 0 Å². The summed E-state index contributed by atoms with van der Waals surface area (Å²) in [7, 11) is 0. The molecular weight excluding hydrogens is 331 g/mol. The predicted molar refractivity (Wildman–Crippen MR) is 10.1 cm³/mol. The standard InChI is InChI=1S/In.H2O.O.W/h;1H2;;/q+3;;-2;. The Kier molecular flexibility index (Phi) is 312. The van der Waals surface area contributed by atoms with Crippen molar-refractivity contribution in [2.45, 2.75) is 0 Å². The Balaban J connectivity index is 0. The van der Waals surface area contributed by atoms with Crippen molar-refractivity contribution in [3.63, 3.8) is 0 Å². The molecule has 0 aromatic rings. The minimum absolute atomic E-state index is 0. The van der Waals surface area contributed by atoms with Crippen LogP contribution >= 0.6 is 0 Å². The smallest absolute Gasteiger partial charge is 2.00 e. The molecule has 2 nitrogen and oxygen atoms in total. The minimum Gasteiger partial charge on any atom is -2.00 e. The van der Waals surface area contributed by atoms with Gasteiger partial charge in [0.2, 0.25) is 0 Å². The predicted octanol–water partition coefficient (Wildman–Crippen LogP) is -1.33. The fourth-order valence-corrected chi connectivity index (χ4v) is 0. The van der Waals surface area contributed by atoms with Crippen molar-refractivity contribution in [1.82, 2.24) is 0 Å². The first-order valence-corrected chi connectivity index (χ1v) is 0. The van der Waals surface area contributed by atoms with Crippen molar-refractivity contribution in [3.8, 4) is 0 Å². The third kappa shape index (κ3) is 9.78. The van der Waals surface area contributed by atoms with Crippen molar-refractivity contribution >= 4 is 25.8 Å². The Bertz CT molecular complexity index is 6.00. The van der Waals surface area contributed by atoms with Crippen LogP contribution in [0.2, 0.25) is 0 Å². The topological polar surface area (TPSA) is 60.0 Å². The molecule has 0 saturated heterocycles. The average Bonchev–Trinajstić information content (AvgIpc) is 0. The van der Waals surface area contributed by atoms with Gasteiger partial charge in [-0.25, -0.2) is 0 Å². The first-order chi connectivity index (χ1) is 0. The molecule has 2 N–H and O–H groups in total. The molecule has 0 heterocycles.